The van der Waals surface area contributed by atoms with Gasteiger partial charge in [0.15, 0.2) is 0 Å². The number of aromatic nitrogens is 2. The van der Waals surface area contributed by atoms with Crippen LogP contribution >= 0.6 is 0 Å². The van der Waals surface area contributed by atoms with Crippen LogP contribution in [0.5, 0.6) is 0 Å². The van der Waals surface area contributed by atoms with E-state index >= 15 is 0 Å². The molecule has 0 unspecified atom stereocenters. The summed E-state index contributed by atoms with van der Waals surface area (Å²) >= 11 is 0. The van der Waals surface area contributed by atoms with Crippen LogP contribution in [0.4, 0.5) is 15.0 Å². The fraction of sp³-hybridized carbons (Fsp3) is 0.158. The molecule has 0 radical (unpaired) electrons. The lowest BCUT2D eigenvalue weighted by atomic mass is 10.1. The SMILES string of the molecule is Cc1nn(C)c(NC(=O)NCc2ccc(F)cc2)c1-c1ccccc1. The van der Waals surface area contributed by atoms with Crippen LogP contribution in [0.1, 0.15) is 11.3 Å². The van der Waals surface area contributed by atoms with Gasteiger partial charge in [-0.25, -0.2) is 9.18 Å². The summed E-state index contributed by atoms with van der Waals surface area (Å²) in [5, 5.41) is 10.0. The van der Waals surface area contributed by atoms with Crippen LogP contribution in [0.3, 0.4) is 0 Å². The molecule has 0 aliphatic heterocycles. The molecule has 2 aromatic carbocycles. The lowest BCUT2D eigenvalue weighted by Gasteiger charge is -2.10. The second-order valence-electron chi connectivity index (χ2n) is 5.73. The predicted octanol–water partition coefficient (Wildman–Crippen LogP) is 3.86. The summed E-state index contributed by atoms with van der Waals surface area (Å²) in [5.74, 6) is 0.325. The minimum Gasteiger partial charge on any atom is -0.334 e. The molecule has 0 spiro atoms. The molecule has 3 rings (SSSR count). The van der Waals surface area contributed by atoms with E-state index in [1.807, 2.05) is 37.3 Å². The average molecular weight is 338 g/mol. The van der Waals surface area contributed by atoms with Crippen molar-refractivity contribution >= 4 is 11.8 Å². The Hall–Kier alpha value is -3.15. The van der Waals surface area contributed by atoms with Crippen LogP contribution in [0.25, 0.3) is 11.1 Å². The number of urea groups is 1. The van der Waals surface area contributed by atoms with E-state index in [2.05, 4.69) is 15.7 Å². The highest BCUT2D eigenvalue weighted by Crippen LogP contribution is 2.30. The average Bonchev–Trinajstić information content (AvgIpc) is 2.88. The molecule has 2 N–H and O–H groups in total. The normalized spacial score (nSPS) is 10.5. The second-order valence-corrected chi connectivity index (χ2v) is 5.73. The molecule has 0 bridgehead atoms. The van der Waals surface area contributed by atoms with Crippen LogP contribution in [-0.2, 0) is 13.6 Å². The monoisotopic (exact) mass is 338 g/mol. The Morgan fingerprint density at radius 3 is 2.48 bits per heavy atom. The molecule has 3 aromatic rings. The van der Waals surface area contributed by atoms with E-state index in [4.69, 9.17) is 0 Å². The van der Waals surface area contributed by atoms with Crippen molar-refractivity contribution in [3.05, 3.63) is 71.7 Å². The van der Waals surface area contributed by atoms with Crippen molar-refractivity contribution in [1.29, 1.82) is 0 Å². The largest absolute Gasteiger partial charge is 0.334 e. The summed E-state index contributed by atoms with van der Waals surface area (Å²) < 4.78 is 14.6. The van der Waals surface area contributed by atoms with Crippen LogP contribution in [0.2, 0.25) is 0 Å². The number of aryl methyl sites for hydroxylation is 2. The summed E-state index contributed by atoms with van der Waals surface area (Å²) in [7, 11) is 1.79. The third-order valence-electron chi connectivity index (χ3n) is 3.88. The van der Waals surface area contributed by atoms with Crippen LogP contribution in [0.15, 0.2) is 54.6 Å². The lowest BCUT2D eigenvalue weighted by molar-refractivity contribution is 0.251. The fourth-order valence-electron chi connectivity index (χ4n) is 2.69. The fourth-order valence-corrected chi connectivity index (χ4v) is 2.69. The van der Waals surface area contributed by atoms with E-state index in [-0.39, 0.29) is 11.8 Å². The molecule has 2 amide bonds. The van der Waals surface area contributed by atoms with E-state index in [1.165, 1.54) is 12.1 Å². The molecule has 0 aliphatic carbocycles. The lowest BCUT2D eigenvalue weighted by Crippen LogP contribution is -2.29. The van der Waals surface area contributed by atoms with Gasteiger partial charge >= 0.3 is 6.03 Å². The predicted molar refractivity (Wildman–Crippen MR) is 95.6 cm³/mol. The maximum Gasteiger partial charge on any atom is 0.320 e. The molecular formula is C19H19FN4O. The first-order valence-electron chi connectivity index (χ1n) is 7.93. The number of hydrogen-bond acceptors (Lipinski definition) is 2. The van der Waals surface area contributed by atoms with Gasteiger partial charge in [-0.2, -0.15) is 5.10 Å². The summed E-state index contributed by atoms with van der Waals surface area (Å²) in [5.41, 5.74) is 3.53. The Morgan fingerprint density at radius 1 is 1.12 bits per heavy atom. The number of rotatable bonds is 4. The highest BCUT2D eigenvalue weighted by molar-refractivity contribution is 5.93. The quantitative estimate of drug-likeness (QED) is 0.759. The highest BCUT2D eigenvalue weighted by Gasteiger charge is 2.17. The Morgan fingerprint density at radius 2 is 1.80 bits per heavy atom. The standard InChI is InChI=1S/C19H19FN4O/c1-13-17(15-6-4-3-5-7-15)18(24(2)23-13)22-19(25)21-12-14-8-10-16(20)11-9-14/h3-11H,12H2,1-2H3,(H2,21,22,25). The Balaban J connectivity index is 1.74. The van der Waals surface area contributed by atoms with Crippen molar-refractivity contribution in [2.45, 2.75) is 13.5 Å². The second kappa shape index (κ2) is 7.17. The van der Waals surface area contributed by atoms with Gasteiger partial charge in [0.25, 0.3) is 0 Å². The van der Waals surface area contributed by atoms with Crippen LogP contribution in [0, 0.1) is 12.7 Å². The smallest absolute Gasteiger partial charge is 0.320 e. The van der Waals surface area contributed by atoms with Gasteiger partial charge in [-0.3, -0.25) is 10.00 Å². The van der Waals surface area contributed by atoms with Gasteiger partial charge in [0.1, 0.15) is 11.6 Å². The molecule has 1 heterocycles. The summed E-state index contributed by atoms with van der Waals surface area (Å²) in [6, 6.07) is 15.5. The van der Waals surface area contributed by atoms with Gasteiger partial charge in [0, 0.05) is 19.2 Å². The van der Waals surface area contributed by atoms with E-state index in [0.717, 1.165) is 22.4 Å². The molecule has 25 heavy (non-hydrogen) atoms. The number of halogens is 1. The molecular weight excluding hydrogens is 319 g/mol. The van der Waals surface area contributed by atoms with Crippen molar-refractivity contribution in [1.82, 2.24) is 15.1 Å². The van der Waals surface area contributed by atoms with E-state index in [1.54, 1.807) is 23.9 Å². The number of hydrogen-bond donors (Lipinski definition) is 2. The van der Waals surface area contributed by atoms with Crippen molar-refractivity contribution in [3.8, 4) is 11.1 Å². The van der Waals surface area contributed by atoms with Crippen LogP contribution in [-0.4, -0.2) is 15.8 Å². The minimum atomic E-state index is -0.343. The van der Waals surface area contributed by atoms with Gasteiger partial charge in [-0.1, -0.05) is 42.5 Å². The van der Waals surface area contributed by atoms with Crippen molar-refractivity contribution in [2.24, 2.45) is 7.05 Å². The Bertz CT molecular complexity index is 872. The number of nitrogens with one attached hydrogen (secondary N) is 2. The van der Waals surface area contributed by atoms with Gasteiger partial charge < -0.3 is 5.32 Å². The number of amides is 2. The van der Waals surface area contributed by atoms with Crippen molar-refractivity contribution in [3.63, 3.8) is 0 Å². The summed E-state index contributed by atoms with van der Waals surface area (Å²) in [6.45, 7) is 2.22. The molecule has 0 atom stereocenters. The van der Waals surface area contributed by atoms with Crippen molar-refractivity contribution < 1.29 is 9.18 Å². The molecule has 0 saturated heterocycles. The minimum absolute atomic E-state index is 0.300. The molecule has 0 aliphatic rings. The van der Waals surface area contributed by atoms with Crippen molar-refractivity contribution in [2.75, 3.05) is 5.32 Å². The maximum atomic E-state index is 12.9. The number of carbonyl (C=O) groups excluding carboxylic acids is 1. The molecule has 1 aromatic heterocycles. The van der Waals surface area contributed by atoms with E-state index < -0.39 is 0 Å². The van der Waals surface area contributed by atoms with E-state index in [0.29, 0.717) is 12.4 Å². The van der Waals surface area contributed by atoms with Gasteiger partial charge in [-0.15, -0.1) is 0 Å². The topological polar surface area (TPSA) is 59.0 Å². The zero-order chi connectivity index (χ0) is 17.8. The zero-order valence-electron chi connectivity index (χ0n) is 14.1. The number of carbonyl (C=O) groups is 1. The molecule has 0 fully saturated rings. The molecule has 128 valence electrons. The zero-order valence-corrected chi connectivity index (χ0v) is 14.1. The van der Waals surface area contributed by atoms with Crippen LogP contribution < -0.4 is 10.6 Å². The number of anilines is 1. The molecule has 5 nitrogen and oxygen atoms in total. The van der Waals surface area contributed by atoms with Gasteiger partial charge in [-0.05, 0) is 30.2 Å². The van der Waals surface area contributed by atoms with E-state index in [9.17, 15) is 9.18 Å². The first-order valence-corrected chi connectivity index (χ1v) is 7.93. The first kappa shape index (κ1) is 16.7. The maximum absolute atomic E-state index is 12.9. The first-order chi connectivity index (χ1) is 12.0. The summed E-state index contributed by atoms with van der Waals surface area (Å²) in [6.07, 6.45) is 0. The number of nitrogens with zero attached hydrogens (tertiary/aromatic N) is 2. The molecule has 6 heteroatoms. The van der Waals surface area contributed by atoms with Gasteiger partial charge in [0.05, 0.1) is 5.69 Å². The third kappa shape index (κ3) is 3.85. The molecule has 0 saturated carbocycles. The third-order valence-corrected chi connectivity index (χ3v) is 3.88. The Labute approximate surface area is 145 Å². The Kier molecular flexibility index (Phi) is 4.79. The number of benzene rings is 2. The van der Waals surface area contributed by atoms with Gasteiger partial charge in [0.2, 0.25) is 0 Å². The highest BCUT2D eigenvalue weighted by atomic mass is 19.1. The summed E-state index contributed by atoms with van der Waals surface area (Å²) in [4.78, 5) is 12.3.